The van der Waals surface area contributed by atoms with E-state index in [9.17, 15) is 9.59 Å². The lowest BCUT2D eigenvalue weighted by Crippen LogP contribution is -2.22. The highest BCUT2D eigenvalue weighted by molar-refractivity contribution is 6.34. The number of carbonyl (C=O) groups is 2. The molecular weight excluding hydrogens is 634 g/mol. The molecule has 0 spiro atoms. The summed E-state index contributed by atoms with van der Waals surface area (Å²) in [5.41, 5.74) is 3.72. The molecule has 0 aliphatic heterocycles. The molecule has 0 aliphatic carbocycles. The lowest BCUT2D eigenvalue weighted by atomic mass is 9.92. The number of hydrogen-bond donors (Lipinski definition) is 2. The van der Waals surface area contributed by atoms with E-state index in [0.29, 0.717) is 35.9 Å². The van der Waals surface area contributed by atoms with E-state index in [-0.39, 0.29) is 23.9 Å². The van der Waals surface area contributed by atoms with Crippen molar-refractivity contribution in [3.05, 3.63) is 40.0 Å². The number of halogens is 1. The lowest BCUT2D eigenvalue weighted by Gasteiger charge is -2.15. The number of H-pyrrole nitrogens is 1. The highest BCUT2D eigenvalue weighted by Gasteiger charge is 2.26. The number of aromatic amines is 1. The molecule has 0 fully saturated rings. The van der Waals surface area contributed by atoms with Crippen molar-refractivity contribution in [2.45, 2.75) is 182 Å². The fraction of sp³-hybridized carbons (Fsp3) is 0.700. The van der Waals surface area contributed by atoms with E-state index in [2.05, 4.69) is 50.0 Å². The first-order valence-corrected chi connectivity index (χ1v) is 19.7. The second-order valence-corrected chi connectivity index (χ2v) is 15.2. The van der Waals surface area contributed by atoms with Crippen LogP contribution in [0.5, 0.6) is 0 Å². The maximum Gasteiger partial charge on any atom is 0.306 e. The van der Waals surface area contributed by atoms with Gasteiger partial charge in [0.2, 0.25) is 5.91 Å². The molecule has 274 valence electrons. The van der Waals surface area contributed by atoms with Crippen molar-refractivity contribution in [2.75, 3.05) is 0 Å². The first-order valence-electron chi connectivity index (χ1n) is 19.3. The number of benzene rings is 1. The van der Waals surface area contributed by atoms with Crippen molar-refractivity contribution >= 4 is 29.1 Å². The molecule has 3 rings (SSSR count). The summed E-state index contributed by atoms with van der Waals surface area (Å²) < 4.78 is 7.28. The zero-order valence-corrected chi connectivity index (χ0v) is 32.0. The third-order valence-electron chi connectivity index (χ3n) is 9.25. The van der Waals surface area contributed by atoms with Gasteiger partial charge in [0.15, 0.2) is 11.5 Å². The minimum atomic E-state index is -0.230. The monoisotopic (exact) mass is 697 g/mol. The standard InChI is InChI=1S/C40H64ClN5O3/c1-6-8-10-12-14-16-18-20-22-24-34(47)42-29-31-26-27-32(30-49-35(48)25-23-21-19-17-15-13-11-9-7-2)33(28-31)38-43-39-36(41)37(40(3,4)5)44-46(39)45-38/h26-28H,6-25,29-30H2,1-5H3,(H,42,47)(H,43,45). The Balaban J connectivity index is 1.57. The van der Waals surface area contributed by atoms with Gasteiger partial charge in [0.05, 0.1) is 5.69 Å². The van der Waals surface area contributed by atoms with Gasteiger partial charge in [-0.3, -0.25) is 9.59 Å². The predicted molar refractivity (Wildman–Crippen MR) is 202 cm³/mol. The normalized spacial score (nSPS) is 11.8. The van der Waals surface area contributed by atoms with Crippen molar-refractivity contribution in [3.8, 4) is 11.4 Å². The lowest BCUT2D eigenvalue weighted by molar-refractivity contribution is -0.145. The molecular formula is C40H64ClN5O3. The summed E-state index contributed by atoms with van der Waals surface area (Å²) in [5, 5.41) is 13.0. The van der Waals surface area contributed by atoms with Gasteiger partial charge < -0.3 is 15.0 Å². The van der Waals surface area contributed by atoms with Crippen LogP contribution in [0.3, 0.4) is 0 Å². The Bertz CT molecular complexity index is 1410. The number of carbonyl (C=O) groups excluding carboxylic acids is 2. The molecule has 0 bridgehead atoms. The highest BCUT2D eigenvalue weighted by atomic mass is 35.5. The Kier molecular flexibility index (Phi) is 18.3. The van der Waals surface area contributed by atoms with Gasteiger partial charge in [-0.1, -0.05) is 161 Å². The second kappa shape index (κ2) is 22.1. The van der Waals surface area contributed by atoms with Crippen LogP contribution in [0.4, 0.5) is 0 Å². The summed E-state index contributed by atoms with van der Waals surface area (Å²) in [7, 11) is 0. The third kappa shape index (κ3) is 14.5. The van der Waals surface area contributed by atoms with Crippen LogP contribution in [0, 0.1) is 0 Å². The number of aromatic nitrogens is 4. The first kappa shape index (κ1) is 40.6. The summed E-state index contributed by atoms with van der Waals surface area (Å²) >= 11 is 6.73. The molecule has 0 unspecified atom stereocenters. The van der Waals surface area contributed by atoms with Gasteiger partial charge >= 0.3 is 5.97 Å². The third-order valence-corrected chi connectivity index (χ3v) is 9.61. The molecule has 0 saturated heterocycles. The van der Waals surface area contributed by atoms with Gasteiger partial charge in [0.1, 0.15) is 11.6 Å². The molecule has 3 aromatic rings. The van der Waals surface area contributed by atoms with Crippen molar-refractivity contribution in [3.63, 3.8) is 0 Å². The molecule has 49 heavy (non-hydrogen) atoms. The van der Waals surface area contributed by atoms with Crippen molar-refractivity contribution in [2.24, 2.45) is 0 Å². The zero-order valence-electron chi connectivity index (χ0n) is 31.2. The molecule has 0 radical (unpaired) electrons. The second-order valence-electron chi connectivity index (χ2n) is 14.8. The average Bonchev–Trinajstić information content (AvgIpc) is 3.64. The number of ether oxygens (including phenoxy) is 1. The minimum absolute atomic E-state index is 0.0666. The maximum atomic E-state index is 12.7. The Morgan fingerprint density at radius 2 is 1.35 bits per heavy atom. The van der Waals surface area contributed by atoms with Crippen LogP contribution < -0.4 is 5.32 Å². The van der Waals surface area contributed by atoms with Crippen LogP contribution in [-0.2, 0) is 32.9 Å². The van der Waals surface area contributed by atoms with Gasteiger partial charge in [-0.2, -0.15) is 5.10 Å². The molecule has 1 amide bonds. The van der Waals surface area contributed by atoms with Crippen LogP contribution >= 0.6 is 11.6 Å². The summed E-state index contributed by atoms with van der Waals surface area (Å²) in [6.07, 6.45) is 22.8. The summed E-state index contributed by atoms with van der Waals surface area (Å²) in [4.78, 5) is 28.7. The molecule has 2 aromatic heterocycles. The fourth-order valence-corrected chi connectivity index (χ4v) is 6.62. The number of unbranched alkanes of at least 4 members (excludes halogenated alkanes) is 16. The minimum Gasteiger partial charge on any atom is -0.461 e. The van der Waals surface area contributed by atoms with Crippen molar-refractivity contribution < 1.29 is 14.3 Å². The van der Waals surface area contributed by atoms with Crippen LogP contribution in [0.15, 0.2) is 18.2 Å². The molecule has 2 N–H and O–H groups in total. The first-order chi connectivity index (χ1) is 23.6. The molecule has 8 nitrogen and oxygen atoms in total. The van der Waals surface area contributed by atoms with Gasteiger partial charge in [-0.05, 0) is 24.5 Å². The van der Waals surface area contributed by atoms with E-state index in [0.717, 1.165) is 48.1 Å². The van der Waals surface area contributed by atoms with E-state index in [1.54, 1.807) is 0 Å². The molecule has 0 saturated carbocycles. The van der Waals surface area contributed by atoms with Crippen LogP contribution in [0.1, 0.15) is 180 Å². The van der Waals surface area contributed by atoms with Gasteiger partial charge in [-0.15, -0.1) is 9.73 Å². The van der Waals surface area contributed by atoms with Crippen LogP contribution in [-0.4, -0.2) is 31.7 Å². The van der Waals surface area contributed by atoms with Crippen molar-refractivity contribution in [1.82, 2.24) is 25.1 Å². The summed E-state index contributed by atoms with van der Waals surface area (Å²) in [5.74, 6) is 0.462. The number of nitrogens with one attached hydrogen (secondary N) is 2. The Morgan fingerprint density at radius 3 is 1.90 bits per heavy atom. The number of nitrogens with zero attached hydrogens (tertiary/aromatic N) is 3. The van der Waals surface area contributed by atoms with E-state index in [1.807, 2.05) is 18.2 Å². The molecule has 9 heteroatoms. The summed E-state index contributed by atoms with van der Waals surface area (Å²) in [6, 6.07) is 5.93. The topological polar surface area (TPSA) is 101 Å². The molecule has 0 atom stereocenters. The van der Waals surface area contributed by atoms with Crippen molar-refractivity contribution in [1.29, 1.82) is 0 Å². The fourth-order valence-electron chi connectivity index (χ4n) is 6.17. The van der Waals surface area contributed by atoms with E-state index >= 15 is 0 Å². The molecule has 0 aliphatic rings. The number of hydrogen-bond acceptors (Lipinski definition) is 5. The zero-order chi connectivity index (χ0) is 35.5. The maximum absolute atomic E-state index is 12.7. The molecule has 2 heterocycles. The average molecular weight is 698 g/mol. The van der Waals surface area contributed by atoms with Crippen LogP contribution in [0.2, 0.25) is 5.02 Å². The number of rotatable bonds is 25. The number of fused-ring (bicyclic) bond motifs is 1. The van der Waals surface area contributed by atoms with Gasteiger partial charge in [0, 0.05) is 35.9 Å². The molecule has 1 aromatic carbocycles. The predicted octanol–water partition coefficient (Wildman–Crippen LogP) is 11.2. The highest BCUT2D eigenvalue weighted by Crippen LogP contribution is 2.33. The number of esters is 1. The Labute approximate surface area is 300 Å². The smallest absolute Gasteiger partial charge is 0.306 e. The van der Waals surface area contributed by atoms with Gasteiger partial charge in [0.25, 0.3) is 0 Å². The van der Waals surface area contributed by atoms with E-state index < -0.39 is 0 Å². The summed E-state index contributed by atoms with van der Waals surface area (Å²) in [6.45, 7) is 11.2. The SMILES string of the molecule is CCCCCCCCCCCC(=O)NCc1ccc(COC(=O)CCCCCCCCCCC)c(-c2nn3nc(C(C)(C)C)c(Cl)c3[nH]2)c1. The number of amides is 1. The Morgan fingerprint density at radius 1 is 0.796 bits per heavy atom. The van der Waals surface area contributed by atoms with E-state index in [4.69, 9.17) is 21.4 Å². The Hall–Kier alpha value is -2.87. The largest absolute Gasteiger partial charge is 0.461 e. The van der Waals surface area contributed by atoms with E-state index in [1.165, 1.54) is 94.5 Å². The quantitative estimate of drug-likeness (QED) is 0.0677. The van der Waals surface area contributed by atoms with Crippen LogP contribution in [0.25, 0.3) is 17.0 Å². The van der Waals surface area contributed by atoms with Gasteiger partial charge in [-0.25, -0.2) is 0 Å².